The van der Waals surface area contributed by atoms with Crippen molar-refractivity contribution in [1.29, 1.82) is 0 Å². The minimum Gasteiger partial charge on any atom is -0.489 e. The van der Waals surface area contributed by atoms with Crippen molar-refractivity contribution in [1.82, 2.24) is 0 Å². The van der Waals surface area contributed by atoms with Crippen molar-refractivity contribution < 1.29 is 18.7 Å². The van der Waals surface area contributed by atoms with Crippen LogP contribution in [-0.4, -0.2) is 26.2 Å². The number of rotatable bonds is 5. The van der Waals surface area contributed by atoms with Gasteiger partial charge in [0, 0.05) is 6.54 Å². The number of carbonyl (C=O) groups excluding carboxylic acids is 1. The summed E-state index contributed by atoms with van der Waals surface area (Å²) in [7, 11) is 1.29. The van der Waals surface area contributed by atoms with Crippen molar-refractivity contribution in [2.75, 3.05) is 20.3 Å². The quantitative estimate of drug-likeness (QED) is 0.814. The van der Waals surface area contributed by atoms with E-state index < -0.39 is 11.8 Å². The molecule has 0 aliphatic rings. The molecule has 6 heteroatoms. The molecule has 0 saturated heterocycles. The second-order valence-corrected chi connectivity index (χ2v) is 3.15. The van der Waals surface area contributed by atoms with Gasteiger partial charge >= 0.3 is 5.97 Å². The normalized spacial score (nSPS) is 9.35. The van der Waals surface area contributed by atoms with E-state index in [2.05, 4.69) is 4.74 Å². The molecular formula is C11H15ClFNO3. The Morgan fingerprint density at radius 2 is 2.18 bits per heavy atom. The summed E-state index contributed by atoms with van der Waals surface area (Å²) >= 11 is 0. The number of halogens is 2. The average Bonchev–Trinajstić information content (AvgIpc) is 2.28. The number of carbonyl (C=O) groups is 1. The predicted octanol–water partition coefficient (Wildman–Crippen LogP) is 1.30. The van der Waals surface area contributed by atoms with E-state index in [1.54, 1.807) is 6.07 Å². The summed E-state index contributed by atoms with van der Waals surface area (Å²) in [6, 6.07) is 4.35. The Labute approximate surface area is 105 Å². The summed E-state index contributed by atoms with van der Waals surface area (Å²) in [5, 5.41) is 0. The number of hydrogen-bond acceptors (Lipinski definition) is 4. The number of hydrogen-bond donors (Lipinski definition) is 1. The maximum absolute atomic E-state index is 13.4. The van der Waals surface area contributed by atoms with Crippen molar-refractivity contribution in [2.45, 2.75) is 6.42 Å². The standard InChI is InChI=1S/C11H14FNO3.ClH/c1-15-11(14)7-8-2-3-10(9(12)6-8)16-5-4-13;/h2-3,6H,4-5,7,13H2,1H3;1H. The number of esters is 1. The summed E-state index contributed by atoms with van der Waals surface area (Å²) in [5.41, 5.74) is 5.78. The first-order valence-corrected chi connectivity index (χ1v) is 4.85. The highest BCUT2D eigenvalue weighted by molar-refractivity contribution is 5.85. The first kappa shape index (κ1) is 15.7. The number of nitrogens with two attached hydrogens (primary N) is 1. The molecule has 0 aliphatic heterocycles. The maximum Gasteiger partial charge on any atom is 0.309 e. The number of ether oxygens (including phenoxy) is 2. The minimum atomic E-state index is -0.505. The van der Waals surface area contributed by atoms with Gasteiger partial charge in [-0.05, 0) is 17.7 Å². The molecule has 0 spiro atoms. The Morgan fingerprint density at radius 1 is 1.47 bits per heavy atom. The number of methoxy groups -OCH3 is 1. The molecule has 0 bridgehead atoms. The third-order valence-electron chi connectivity index (χ3n) is 1.95. The zero-order valence-corrected chi connectivity index (χ0v) is 10.3. The molecule has 96 valence electrons. The smallest absolute Gasteiger partial charge is 0.309 e. The molecule has 0 radical (unpaired) electrons. The average molecular weight is 264 g/mol. The Bertz CT molecular complexity index is 374. The van der Waals surface area contributed by atoms with Crippen LogP contribution < -0.4 is 10.5 Å². The van der Waals surface area contributed by atoms with Gasteiger partial charge in [-0.15, -0.1) is 12.4 Å². The van der Waals surface area contributed by atoms with Crippen molar-refractivity contribution in [2.24, 2.45) is 5.73 Å². The van der Waals surface area contributed by atoms with E-state index in [0.717, 1.165) is 0 Å². The van der Waals surface area contributed by atoms with Crippen LogP contribution in [-0.2, 0) is 16.0 Å². The summed E-state index contributed by atoms with van der Waals surface area (Å²) in [4.78, 5) is 11.0. The fourth-order valence-corrected chi connectivity index (χ4v) is 1.18. The van der Waals surface area contributed by atoms with Crippen LogP contribution in [0.3, 0.4) is 0 Å². The Morgan fingerprint density at radius 3 is 2.71 bits per heavy atom. The molecule has 0 fully saturated rings. The van der Waals surface area contributed by atoms with Gasteiger partial charge in [-0.1, -0.05) is 6.07 Å². The highest BCUT2D eigenvalue weighted by Gasteiger charge is 2.07. The van der Waals surface area contributed by atoms with Crippen LogP contribution in [0.2, 0.25) is 0 Å². The molecule has 0 amide bonds. The highest BCUT2D eigenvalue weighted by Crippen LogP contribution is 2.18. The molecule has 4 nitrogen and oxygen atoms in total. The predicted molar refractivity (Wildman–Crippen MR) is 63.9 cm³/mol. The molecule has 1 aromatic carbocycles. The first-order valence-electron chi connectivity index (χ1n) is 4.85. The van der Waals surface area contributed by atoms with Crippen LogP contribution in [0, 0.1) is 5.82 Å². The van der Waals surface area contributed by atoms with Crippen LogP contribution in [0.1, 0.15) is 5.56 Å². The van der Waals surface area contributed by atoms with Gasteiger partial charge in [0.25, 0.3) is 0 Å². The minimum absolute atomic E-state index is 0. The molecule has 0 saturated carbocycles. The molecule has 0 atom stereocenters. The molecule has 2 N–H and O–H groups in total. The van der Waals surface area contributed by atoms with Gasteiger partial charge in [-0.25, -0.2) is 4.39 Å². The lowest BCUT2D eigenvalue weighted by Gasteiger charge is -2.07. The van der Waals surface area contributed by atoms with Gasteiger partial charge in [0.05, 0.1) is 13.5 Å². The monoisotopic (exact) mass is 263 g/mol. The third-order valence-corrected chi connectivity index (χ3v) is 1.95. The summed E-state index contributed by atoms with van der Waals surface area (Å²) in [5.74, 6) is -0.774. The van der Waals surface area contributed by atoms with Crippen LogP contribution >= 0.6 is 12.4 Å². The molecule has 0 aliphatic carbocycles. The Balaban J connectivity index is 0.00000256. The molecule has 0 unspecified atom stereocenters. The molecule has 0 heterocycles. The van der Waals surface area contributed by atoms with E-state index in [9.17, 15) is 9.18 Å². The fraction of sp³-hybridized carbons (Fsp3) is 0.364. The van der Waals surface area contributed by atoms with E-state index in [1.165, 1.54) is 19.2 Å². The second-order valence-electron chi connectivity index (χ2n) is 3.15. The zero-order chi connectivity index (χ0) is 12.0. The Kier molecular flexibility index (Phi) is 7.25. The van der Waals surface area contributed by atoms with Crippen molar-refractivity contribution in [3.63, 3.8) is 0 Å². The SMILES string of the molecule is COC(=O)Cc1ccc(OCCN)c(F)c1.Cl. The van der Waals surface area contributed by atoms with E-state index >= 15 is 0 Å². The summed E-state index contributed by atoms with van der Waals surface area (Å²) in [6.45, 7) is 0.580. The topological polar surface area (TPSA) is 61.5 Å². The van der Waals surface area contributed by atoms with Crippen LogP contribution in [0.25, 0.3) is 0 Å². The lowest BCUT2D eigenvalue weighted by atomic mass is 10.1. The first-order chi connectivity index (χ1) is 7.67. The van der Waals surface area contributed by atoms with Crippen LogP contribution in [0.15, 0.2) is 18.2 Å². The van der Waals surface area contributed by atoms with Gasteiger partial charge in [0.2, 0.25) is 0 Å². The van der Waals surface area contributed by atoms with Gasteiger partial charge in [-0.3, -0.25) is 4.79 Å². The largest absolute Gasteiger partial charge is 0.489 e. The Hall–Kier alpha value is -1.33. The highest BCUT2D eigenvalue weighted by atomic mass is 35.5. The van der Waals surface area contributed by atoms with Crippen molar-refractivity contribution in [3.05, 3.63) is 29.6 Å². The van der Waals surface area contributed by atoms with E-state index in [4.69, 9.17) is 10.5 Å². The van der Waals surface area contributed by atoms with Gasteiger partial charge in [-0.2, -0.15) is 0 Å². The molecule has 1 rings (SSSR count). The summed E-state index contributed by atoms with van der Waals surface area (Å²) < 4.78 is 22.9. The van der Waals surface area contributed by atoms with Crippen molar-refractivity contribution >= 4 is 18.4 Å². The second kappa shape index (κ2) is 7.86. The third kappa shape index (κ3) is 5.01. The molecule has 1 aromatic rings. The van der Waals surface area contributed by atoms with Crippen molar-refractivity contribution in [3.8, 4) is 5.75 Å². The van der Waals surface area contributed by atoms with Crippen LogP contribution in [0.5, 0.6) is 5.75 Å². The van der Waals surface area contributed by atoms with Crippen LogP contribution in [0.4, 0.5) is 4.39 Å². The molecule has 0 aromatic heterocycles. The summed E-state index contributed by atoms with van der Waals surface area (Å²) in [6.07, 6.45) is 0.0462. The van der Waals surface area contributed by atoms with Gasteiger partial charge < -0.3 is 15.2 Å². The zero-order valence-electron chi connectivity index (χ0n) is 9.44. The van der Waals surface area contributed by atoms with E-state index in [0.29, 0.717) is 12.1 Å². The van der Waals surface area contributed by atoms with Gasteiger partial charge in [0.15, 0.2) is 11.6 Å². The van der Waals surface area contributed by atoms with Gasteiger partial charge in [0.1, 0.15) is 6.61 Å². The lowest BCUT2D eigenvalue weighted by Crippen LogP contribution is -2.11. The number of benzene rings is 1. The molecule has 17 heavy (non-hydrogen) atoms. The van der Waals surface area contributed by atoms with E-state index in [-0.39, 0.29) is 31.2 Å². The fourth-order valence-electron chi connectivity index (χ4n) is 1.18. The lowest BCUT2D eigenvalue weighted by molar-refractivity contribution is -0.139. The molecular weight excluding hydrogens is 249 g/mol. The van der Waals surface area contributed by atoms with E-state index in [1.807, 2.05) is 0 Å². The maximum atomic E-state index is 13.4.